The van der Waals surface area contributed by atoms with Crippen molar-refractivity contribution in [3.8, 4) is 44.7 Å². The van der Waals surface area contributed by atoms with E-state index in [9.17, 15) is 4.79 Å². The predicted molar refractivity (Wildman–Crippen MR) is 209 cm³/mol. The van der Waals surface area contributed by atoms with Crippen molar-refractivity contribution < 1.29 is 29.6 Å². The molecule has 8 heteroatoms. The number of fused-ring (bicyclic) bond motifs is 2. The molecule has 0 N–H and O–H groups in total. The largest absolute Gasteiger partial charge is 3.00 e. The van der Waals surface area contributed by atoms with Crippen molar-refractivity contribution in [2.75, 3.05) is 0 Å². The Morgan fingerprint density at radius 3 is 1.79 bits per heavy atom. The Kier molecular flexibility index (Phi) is 14.5. The van der Waals surface area contributed by atoms with Gasteiger partial charge in [0.1, 0.15) is 6.61 Å². The fraction of sp³-hybridized carbons (Fsp3) is 0.0909. The fourth-order valence-corrected chi connectivity index (χ4v) is 6.80. The normalized spacial score (nSPS) is 10.1. The third kappa shape index (κ3) is 10.9. The third-order valence-corrected chi connectivity index (χ3v) is 9.63. The SMILES string of the molecule is C#CCCCC(=O)OCc1ccc(-c2cc[c-]cn2)cc1.[Ir+3].[c-]1cccc(-c2nc3ccccc3s2)c1.[c-]1cccc(-c2nc3ccccc3s2)c1. The molecule has 5 nitrogen and oxygen atoms in total. The van der Waals surface area contributed by atoms with Crippen molar-refractivity contribution in [1.82, 2.24) is 15.0 Å². The number of hydrogen-bond donors (Lipinski definition) is 0. The van der Waals surface area contributed by atoms with Gasteiger partial charge in [-0.1, -0.05) is 65.9 Å². The van der Waals surface area contributed by atoms with Crippen molar-refractivity contribution in [2.24, 2.45) is 0 Å². The van der Waals surface area contributed by atoms with Crippen molar-refractivity contribution >= 4 is 49.1 Å². The summed E-state index contributed by atoms with van der Waals surface area (Å²) in [6.07, 6.45) is 8.41. The molecule has 0 saturated carbocycles. The van der Waals surface area contributed by atoms with Gasteiger partial charge in [0, 0.05) is 12.8 Å². The average Bonchev–Trinajstić information content (AvgIpc) is 3.84. The van der Waals surface area contributed by atoms with Gasteiger partial charge in [-0.3, -0.25) is 9.78 Å². The molecular weight excluding hydrogens is 859 g/mol. The summed E-state index contributed by atoms with van der Waals surface area (Å²) >= 11 is 3.44. The molecule has 8 rings (SSSR count). The Morgan fingerprint density at radius 1 is 0.692 bits per heavy atom. The Balaban J connectivity index is 0.000000152. The molecule has 3 aromatic heterocycles. The van der Waals surface area contributed by atoms with Crippen LogP contribution in [-0.2, 0) is 36.2 Å². The fourth-order valence-electron chi connectivity index (χ4n) is 4.88. The number of esters is 1. The monoisotopic (exact) mass is 891 g/mol. The number of benzene rings is 5. The van der Waals surface area contributed by atoms with Gasteiger partial charge >= 0.3 is 26.1 Å². The van der Waals surface area contributed by atoms with Crippen molar-refractivity contribution in [2.45, 2.75) is 25.9 Å². The number of pyridine rings is 1. The summed E-state index contributed by atoms with van der Waals surface area (Å²) in [5.74, 6) is 2.29. The first-order valence-corrected chi connectivity index (χ1v) is 17.9. The molecule has 0 aliphatic heterocycles. The second-order valence-corrected chi connectivity index (χ2v) is 13.2. The molecule has 3 heterocycles. The smallest absolute Gasteiger partial charge is 0.461 e. The number of carbonyl (C=O) groups is 1. The quantitative estimate of drug-likeness (QED) is 0.0658. The summed E-state index contributed by atoms with van der Waals surface area (Å²) in [6, 6.07) is 52.8. The predicted octanol–water partition coefficient (Wildman–Crippen LogP) is 10.9. The first kappa shape index (κ1) is 38.0. The molecule has 0 spiro atoms. The Labute approximate surface area is 325 Å². The third-order valence-electron chi connectivity index (χ3n) is 7.46. The van der Waals surface area contributed by atoms with Crippen molar-refractivity contribution in [1.29, 1.82) is 0 Å². The topological polar surface area (TPSA) is 65.0 Å². The van der Waals surface area contributed by atoms with Crippen LogP contribution in [0.3, 0.4) is 0 Å². The number of ether oxygens (including phenoxy) is 1. The molecular formula is C44H32IrN3O2S2. The average molecular weight is 891 g/mol. The van der Waals surface area contributed by atoms with Gasteiger partial charge in [-0.05, 0) is 47.5 Å². The molecule has 0 atom stereocenters. The molecule has 0 fully saturated rings. The molecule has 0 radical (unpaired) electrons. The summed E-state index contributed by atoms with van der Waals surface area (Å²) < 4.78 is 7.66. The number of thiazole rings is 2. The number of hydrogen-bond acceptors (Lipinski definition) is 7. The molecule has 0 unspecified atom stereocenters. The molecule has 0 aliphatic carbocycles. The standard InChI is InChI=1S/C18H16NO2.2C13H8NS.Ir/c1-2-3-4-8-18(20)21-14-15-9-11-16(12-10-15)17-7-5-6-13-19-17;2*1-2-6-10(7-3-1)13-14-11-8-4-5-9-12(11)15-13;/h1,5,7,9-13H,3-4,8,14H2;2*1-2,4-9H;/q3*-1;+3. The summed E-state index contributed by atoms with van der Waals surface area (Å²) in [4.78, 5) is 24.9. The maximum absolute atomic E-state index is 11.5. The molecule has 5 aromatic carbocycles. The van der Waals surface area contributed by atoms with Crippen molar-refractivity contribution in [3.05, 3.63) is 163 Å². The zero-order valence-electron chi connectivity index (χ0n) is 28.0. The number of aromatic nitrogens is 3. The van der Waals surface area contributed by atoms with Crippen LogP contribution in [0, 0.1) is 30.5 Å². The summed E-state index contributed by atoms with van der Waals surface area (Å²) in [5, 5.41) is 2.13. The summed E-state index contributed by atoms with van der Waals surface area (Å²) in [7, 11) is 0. The van der Waals surface area contributed by atoms with Crippen LogP contribution in [-0.4, -0.2) is 20.9 Å². The molecule has 0 saturated heterocycles. The van der Waals surface area contributed by atoms with Crippen LogP contribution in [0.15, 0.2) is 140 Å². The minimum atomic E-state index is -0.213. The minimum Gasteiger partial charge on any atom is -0.461 e. The number of terminal acetylenes is 1. The van der Waals surface area contributed by atoms with Crippen LogP contribution in [0.4, 0.5) is 0 Å². The van der Waals surface area contributed by atoms with E-state index in [2.05, 4.69) is 63.3 Å². The van der Waals surface area contributed by atoms with E-state index >= 15 is 0 Å². The maximum Gasteiger partial charge on any atom is 3.00 e. The van der Waals surface area contributed by atoms with Gasteiger partial charge in [-0.2, -0.15) is 66.7 Å². The number of rotatable bonds is 8. The van der Waals surface area contributed by atoms with E-state index in [-0.39, 0.29) is 32.7 Å². The van der Waals surface area contributed by atoms with Crippen LogP contribution in [0.25, 0.3) is 52.8 Å². The van der Waals surface area contributed by atoms with Gasteiger partial charge in [0.05, 0.1) is 30.4 Å². The maximum atomic E-state index is 11.5. The van der Waals surface area contributed by atoms with Gasteiger partial charge in [-0.25, -0.2) is 22.1 Å². The first-order valence-electron chi connectivity index (χ1n) is 16.3. The van der Waals surface area contributed by atoms with Gasteiger partial charge in [0.2, 0.25) is 0 Å². The van der Waals surface area contributed by atoms with E-state index in [1.165, 1.54) is 9.40 Å². The second-order valence-electron chi connectivity index (χ2n) is 11.1. The van der Waals surface area contributed by atoms with E-state index in [0.717, 1.165) is 49.0 Å². The number of nitrogens with zero attached hydrogens (tertiary/aromatic N) is 3. The van der Waals surface area contributed by atoms with Crippen LogP contribution >= 0.6 is 22.7 Å². The zero-order chi connectivity index (χ0) is 35.1. The first-order chi connectivity index (χ1) is 25.2. The van der Waals surface area contributed by atoms with Gasteiger partial charge in [-0.15, -0.1) is 35.0 Å². The number of para-hydroxylation sites is 2. The zero-order valence-corrected chi connectivity index (χ0v) is 32.0. The van der Waals surface area contributed by atoms with Crippen molar-refractivity contribution in [3.63, 3.8) is 0 Å². The van der Waals surface area contributed by atoms with E-state index < -0.39 is 0 Å². The summed E-state index contributed by atoms with van der Waals surface area (Å²) in [6.45, 7) is 0.283. The molecule has 8 aromatic rings. The van der Waals surface area contributed by atoms with Crippen LogP contribution in [0.2, 0.25) is 0 Å². The van der Waals surface area contributed by atoms with E-state index in [1.807, 2.05) is 109 Å². The summed E-state index contributed by atoms with van der Waals surface area (Å²) in [5.41, 5.74) is 7.28. The molecule has 0 aliphatic rings. The van der Waals surface area contributed by atoms with Crippen LogP contribution in [0.1, 0.15) is 24.8 Å². The van der Waals surface area contributed by atoms with Crippen LogP contribution in [0.5, 0.6) is 0 Å². The Hall–Kier alpha value is -5.29. The van der Waals surface area contributed by atoms with Gasteiger partial charge in [0.25, 0.3) is 0 Å². The molecule has 256 valence electrons. The number of carbonyl (C=O) groups excluding carboxylic acids is 1. The molecule has 0 bridgehead atoms. The van der Waals surface area contributed by atoms with Gasteiger partial charge in [0.15, 0.2) is 0 Å². The Morgan fingerprint density at radius 2 is 1.29 bits per heavy atom. The minimum absolute atomic E-state index is 0. The van der Waals surface area contributed by atoms with E-state index in [1.54, 1.807) is 28.9 Å². The number of unbranched alkanes of at least 4 members (excludes halogenated alkanes) is 1. The van der Waals surface area contributed by atoms with Gasteiger partial charge < -0.3 is 4.74 Å². The molecule has 52 heavy (non-hydrogen) atoms. The van der Waals surface area contributed by atoms with Crippen LogP contribution < -0.4 is 0 Å². The van der Waals surface area contributed by atoms with E-state index in [4.69, 9.17) is 11.2 Å². The molecule has 0 amide bonds. The van der Waals surface area contributed by atoms with E-state index in [0.29, 0.717) is 19.3 Å². The Bertz CT molecular complexity index is 2140. The second kappa shape index (κ2) is 19.9.